The van der Waals surface area contributed by atoms with Crippen LogP contribution in [0.4, 0.5) is 31.5 Å². The SMILES string of the molecule is Cc1cc(C)cc(-c2cc(Oc3ccc4c5ccccc5n(-c5cc(C(C)(C)C)ccn5)c4c3)cc(N3CN(c4ccccc4-c4cc(F)cc(F)c4)c4ccccc43)c2)c1. The van der Waals surface area contributed by atoms with E-state index in [1.165, 1.54) is 28.8 Å². The third-order valence-electron chi connectivity index (χ3n) is 11.6. The fraction of sp³-hybridized carbons (Fsp3) is 0.130. The minimum Gasteiger partial charge on any atom is -0.457 e. The lowest BCUT2D eigenvalue weighted by Gasteiger charge is -2.25. The number of aryl methyl sites for hydroxylation is 2. The largest absolute Gasteiger partial charge is 0.457 e. The number of rotatable bonds is 7. The molecule has 2 aromatic heterocycles. The van der Waals surface area contributed by atoms with Crippen molar-refractivity contribution in [1.29, 1.82) is 0 Å². The molecule has 1 aliphatic rings. The number of hydrogen-bond donors (Lipinski definition) is 0. The molecule has 0 unspecified atom stereocenters. The van der Waals surface area contributed by atoms with Gasteiger partial charge in [-0.3, -0.25) is 4.57 Å². The van der Waals surface area contributed by atoms with E-state index in [0.29, 0.717) is 23.7 Å². The van der Waals surface area contributed by atoms with Crippen molar-refractivity contribution in [1.82, 2.24) is 9.55 Å². The molecule has 61 heavy (non-hydrogen) atoms. The zero-order valence-corrected chi connectivity index (χ0v) is 34.7. The fourth-order valence-corrected chi connectivity index (χ4v) is 8.81. The minimum absolute atomic E-state index is 0.0414. The first-order chi connectivity index (χ1) is 29.5. The summed E-state index contributed by atoms with van der Waals surface area (Å²) in [6.45, 7) is 11.4. The highest BCUT2D eigenvalue weighted by Crippen LogP contribution is 2.48. The monoisotopic (exact) mass is 802 g/mol. The van der Waals surface area contributed by atoms with Gasteiger partial charge >= 0.3 is 0 Å². The summed E-state index contributed by atoms with van der Waals surface area (Å²) in [7, 11) is 0. The Bertz CT molecular complexity index is 3120. The standard InChI is InChI=1S/C54H44F2N4O/c1-34-22-35(2)24-36(23-34)37-27-42(58-33-59(51-17-11-10-16-50(51)58)48-14-8-6-12-45(48)38-25-40(55)30-41(56)26-38)31-44(28-37)61-43-18-19-47-46-13-7-9-15-49(46)60(52(47)32-43)53-29-39(20-21-57-53)54(3,4)5/h6-32H,33H2,1-5H3. The summed E-state index contributed by atoms with van der Waals surface area (Å²) < 4.78 is 38.3. The molecule has 5 nitrogen and oxygen atoms in total. The molecule has 300 valence electrons. The summed E-state index contributed by atoms with van der Waals surface area (Å²) in [5.41, 5.74) is 12.7. The summed E-state index contributed by atoms with van der Waals surface area (Å²) in [5, 5.41) is 2.26. The third kappa shape index (κ3) is 7.06. The molecule has 10 rings (SSSR count). The van der Waals surface area contributed by atoms with Crippen LogP contribution in [0.1, 0.15) is 37.5 Å². The molecule has 7 heteroatoms. The Morgan fingerprint density at radius 2 is 1.20 bits per heavy atom. The van der Waals surface area contributed by atoms with Gasteiger partial charge in [0.2, 0.25) is 0 Å². The van der Waals surface area contributed by atoms with E-state index in [-0.39, 0.29) is 5.41 Å². The van der Waals surface area contributed by atoms with Crippen LogP contribution in [-0.4, -0.2) is 16.2 Å². The Labute approximate surface area is 354 Å². The van der Waals surface area contributed by atoms with Crippen LogP contribution in [0.2, 0.25) is 0 Å². The molecule has 0 radical (unpaired) electrons. The van der Waals surface area contributed by atoms with Gasteiger partial charge in [0.25, 0.3) is 0 Å². The highest BCUT2D eigenvalue weighted by molar-refractivity contribution is 6.09. The highest BCUT2D eigenvalue weighted by atomic mass is 19.1. The van der Waals surface area contributed by atoms with Gasteiger partial charge in [0, 0.05) is 46.4 Å². The van der Waals surface area contributed by atoms with Crippen molar-refractivity contribution >= 4 is 44.6 Å². The van der Waals surface area contributed by atoms with Crippen molar-refractivity contribution in [2.24, 2.45) is 0 Å². The van der Waals surface area contributed by atoms with Gasteiger partial charge in [-0.05, 0) is 114 Å². The van der Waals surface area contributed by atoms with Gasteiger partial charge in [-0.25, -0.2) is 13.8 Å². The molecule has 9 aromatic rings. The number of pyridine rings is 1. The molecule has 7 aromatic carbocycles. The van der Waals surface area contributed by atoms with Crippen LogP contribution in [0.15, 0.2) is 164 Å². The Morgan fingerprint density at radius 3 is 1.95 bits per heavy atom. The molecule has 0 saturated heterocycles. The summed E-state index contributed by atoms with van der Waals surface area (Å²) in [4.78, 5) is 9.35. The van der Waals surface area contributed by atoms with Gasteiger partial charge in [-0.2, -0.15) is 0 Å². The lowest BCUT2D eigenvalue weighted by Crippen LogP contribution is -2.24. The number of para-hydroxylation sites is 4. The molecule has 0 bridgehead atoms. The van der Waals surface area contributed by atoms with Crippen LogP contribution in [0.25, 0.3) is 49.9 Å². The molecule has 0 amide bonds. The van der Waals surface area contributed by atoms with E-state index in [1.54, 1.807) is 0 Å². The quantitative estimate of drug-likeness (QED) is 0.161. The van der Waals surface area contributed by atoms with E-state index in [0.717, 1.165) is 73.1 Å². The number of aromatic nitrogens is 2. The van der Waals surface area contributed by atoms with Gasteiger partial charge in [-0.1, -0.05) is 98.6 Å². The van der Waals surface area contributed by atoms with Crippen molar-refractivity contribution in [3.63, 3.8) is 0 Å². The molecule has 0 aliphatic carbocycles. The molecule has 1 aliphatic heterocycles. The number of benzene rings is 7. The molecule has 0 spiro atoms. The normalized spacial score (nSPS) is 12.7. The summed E-state index contributed by atoms with van der Waals surface area (Å²) in [6.07, 6.45) is 1.90. The third-order valence-corrected chi connectivity index (χ3v) is 11.6. The van der Waals surface area contributed by atoms with E-state index in [9.17, 15) is 8.78 Å². The number of halogens is 2. The number of ether oxygens (including phenoxy) is 1. The Balaban J connectivity index is 1.10. The number of anilines is 4. The maximum absolute atomic E-state index is 14.6. The maximum atomic E-state index is 14.6. The molecule has 0 N–H and O–H groups in total. The number of fused-ring (bicyclic) bond motifs is 4. The van der Waals surface area contributed by atoms with E-state index >= 15 is 0 Å². The van der Waals surface area contributed by atoms with Crippen LogP contribution in [0.3, 0.4) is 0 Å². The van der Waals surface area contributed by atoms with Gasteiger partial charge in [-0.15, -0.1) is 0 Å². The van der Waals surface area contributed by atoms with Crippen LogP contribution >= 0.6 is 0 Å². The van der Waals surface area contributed by atoms with Crippen LogP contribution in [0, 0.1) is 25.5 Å². The predicted octanol–water partition coefficient (Wildman–Crippen LogP) is 14.7. The summed E-state index contributed by atoms with van der Waals surface area (Å²) in [5.74, 6) is 1.02. The van der Waals surface area contributed by atoms with E-state index in [1.807, 2.05) is 48.7 Å². The zero-order chi connectivity index (χ0) is 42.0. The summed E-state index contributed by atoms with van der Waals surface area (Å²) >= 11 is 0. The summed E-state index contributed by atoms with van der Waals surface area (Å²) in [6, 6.07) is 51.7. The topological polar surface area (TPSA) is 33.5 Å². The Morgan fingerprint density at radius 1 is 0.541 bits per heavy atom. The van der Waals surface area contributed by atoms with Gasteiger partial charge in [0.05, 0.1) is 28.1 Å². The first-order valence-corrected chi connectivity index (χ1v) is 20.6. The van der Waals surface area contributed by atoms with E-state index < -0.39 is 11.6 Å². The molecule has 3 heterocycles. The molecular formula is C54H44F2N4O. The van der Waals surface area contributed by atoms with Crippen molar-refractivity contribution in [3.8, 4) is 39.6 Å². The molecule has 0 fully saturated rings. The van der Waals surface area contributed by atoms with Crippen molar-refractivity contribution in [2.45, 2.75) is 40.0 Å². The van der Waals surface area contributed by atoms with Gasteiger partial charge in [0.1, 0.15) is 35.6 Å². The van der Waals surface area contributed by atoms with Crippen LogP contribution in [-0.2, 0) is 5.41 Å². The van der Waals surface area contributed by atoms with Crippen molar-refractivity contribution in [2.75, 3.05) is 16.5 Å². The van der Waals surface area contributed by atoms with Gasteiger partial charge in [0.15, 0.2) is 0 Å². The molecule has 0 atom stereocenters. The first-order valence-electron chi connectivity index (χ1n) is 20.6. The van der Waals surface area contributed by atoms with Crippen LogP contribution < -0.4 is 14.5 Å². The highest BCUT2D eigenvalue weighted by Gasteiger charge is 2.30. The zero-order valence-electron chi connectivity index (χ0n) is 34.7. The Kier molecular flexibility index (Phi) is 9.21. The Hall–Kier alpha value is -7.25. The molecular weight excluding hydrogens is 759 g/mol. The second kappa shape index (κ2) is 14.8. The maximum Gasteiger partial charge on any atom is 0.137 e. The smallest absolute Gasteiger partial charge is 0.137 e. The lowest BCUT2D eigenvalue weighted by molar-refractivity contribution is 0.483. The van der Waals surface area contributed by atoms with E-state index in [2.05, 4.69) is 146 Å². The fourth-order valence-electron chi connectivity index (χ4n) is 8.81. The van der Waals surface area contributed by atoms with Crippen molar-refractivity contribution in [3.05, 3.63) is 192 Å². The lowest BCUT2D eigenvalue weighted by atomic mass is 9.88. The average molecular weight is 803 g/mol. The van der Waals surface area contributed by atoms with Gasteiger partial charge < -0.3 is 14.5 Å². The average Bonchev–Trinajstić information content (AvgIpc) is 3.79. The minimum atomic E-state index is -0.615. The first kappa shape index (κ1) is 38.0. The second-order valence-corrected chi connectivity index (χ2v) is 17.0. The van der Waals surface area contributed by atoms with Crippen molar-refractivity contribution < 1.29 is 13.5 Å². The predicted molar refractivity (Wildman–Crippen MR) is 246 cm³/mol. The second-order valence-electron chi connectivity index (χ2n) is 17.0. The number of nitrogens with zero attached hydrogens (tertiary/aromatic N) is 4. The number of hydrogen-bond acceptors (Lipinski definition) is 4. The van der Waals surface area contributed by atoms with E-state index in [4.69, 9.17) is 9.72 Å². The molecule has 0 saturated carbocycles. The van der Waals surface area contributed by atoms with Crippen LogP contribution in [0.5, 0.6) is 11.5 Å².